The van der Waals surface area contributed by atoms with Gasteiger partial charge in [0.25, 0.3) is 0 Å². The predicted molar refractivity (Wildman–Crippen MR) is 58.0 cm³/mol. The first kappa shape index (κ1) is 9.55. The fraction of sp³-hybridized carbons (Fsp3) is 0. The van der Waals surface area contributed by atoms with Crippen LogP contribution in [0, 0.1) is 0 Å². The summed E-state index contributed by atoms with van der Waals surface area (Å²) in [6, 6.07) is 5.54. The third kappa shape index (κ3) is 2.08. The van der Waals surface area contributed by atoms with Gasteiger partial charge in [0.2, 0.25) is 5.28 Å². The first-order valence-corrected chi connectivity index (χ1v) is 5.03. The quantitative estimate of drug-likeness (QED) is 0.591. The van der Waals surface area contributed by atoms with E-state index < -0.39 is 0 Å². The van der Waals surface area contributed by atoms with Gasteiger partial charge in [-0.05, 0) is 45.7 Å². The van der Waals surface area contributed by atoms with E-state index >= 15 is 0 Å². The SMILES string of the molecule is Clc1nc(Br)cc(-c2ccncc2)n1. The Labute approximate surface area is 94.3 Å². The molecule has 0 unspecified atom stereocenters. The first-order chi connectivity index (χ1) is 6.75. The highest BCUT2D eigenvalue weighted by molar-refractivity contribution is 9.10. The Hall–Kier alpha value is -1.00. The number of rotatable bonds is 1. The van der Waals surface area contributed by atoms with Crippen LogP contribution in [0.4, 0.5) is 0 Å². The summed E-state index contributed by atoms with van der Waals surface area (Å²) in [7, 11) is 0. The second kappa shape index (κ2) is 4.02. The zero-order valence-electron chi connectivity index (χ0n) is 6.98. The van der Waals surface area contributed by atoms with E-state index in [1.54, 1.807) is 18.5 Å². The average molecular weight is 271 g/mol. The van der Waals surface area contributed by atoms with Gasteiger partial charge >= 0.3 is 0 Å². The van der Waals surface area contributed by atoms with Crippen LogP contribution in [0.1, 0.15) is 0 Å². The van der Waals surface area contributed by atoms with Crippen LogP contribution in [0.25, 0.3) is 11.3 Å². The van der Waals surface area contributed by atoms with E-state index in [2.05, 4.69) is 30.9 Å². The molecule has 5 heteroatoms. The zero-order chi connectivity index (χ0) is 9.97. The molecular weight excluding hydrogens is 265 g/mol. The molecular formula is C9H5BrClN3. The Balaban J connectivity index is 2.52. The molecule has 3 nitrogen and oxygen atoms in total. The smallest absolute Gasteiger partial charge is 0.223 e. The van der Waals surface area contributed by atoms with Crippen molar-refractivity contribution in [3.05, 3.63) is 40.5 Å². The molecule has 2 heterocycles. The van der Waals surface area contributed by atoms with Gasteiger partial charge in [0.15, 0.2) is 0 Å². The summed E-state index contributed by atoms with van der Waals surface area (Å²) in [4.78, 5) is 11.9. The fourth-order valence-electron chi connectivity index (χ4n) is 1.06. The number of hydrogen-bond donors (Lipinski definition) is 0. The third-order valence-electron chi connectivity index (χ3n) is 1.64. The summed E-state index contributed by atoms with van der Waals surface area (Å²) in [5.41, 5.74) is 1.74. The van der Waals surface area contributed by atoms with E-state index in [9.17, 15) is 0 Å². The molecule has 0 aliphatic carbocycles. The first-order valence-electron chi connectivity index (χ1n) is 3.86. The Kier molecular flexibility index (Phi) is 2.74. The number of halogens is 2. The van der Waals surface area contributed by atoms with Gasteiger partial charge in [-0.15, -0.1) is 0 Å². The van der Waals surface area contributed by atoms with Gasteiger partial charge in [-0.25, -0.2) is 9.97 Å². The standard InChI is InChI=1S/C9H5BrClN3/c10-8-5-7(13-9(11)14-8)6-1-3-12-4-2-6/h1-5H. The van der Waals surface area contributed by atoms with Crippen molar-refractivity contribution in [2.45, 2.75) is 0 Å². The van der Waals surface area contributed by atoms with Crippen molar-refractivity contribution in [1.29, 1.82) is 0 Å². The van der Waals surface area contributed by atoms with Crippen LogP contribution in [0.3, 0.4) is 0 Å². The molecule has 2 aromatic rings. The van der Waals surface area contributed by atoms with Crippen molar-refractivity contribution in [3.63, 3.8) is 0 Å². The molecule has 0 saturated carbocycles. The van der Waals surface area contributed by atoms with Crippen molar-refractivity contribution in [2.24, 2.45) is 0 Å². The summed E-state index contributed by atoms with van der Waals surface area (Å²) < 4.78 is 0.671. The lowest BCUT2D eigenvalue weighted by Crippen LogP contribution is -1.88. The van der Waals surface area contributed by atoms with E-state index in [4.69, 9.17) is 11.6 Å². The van der Waals surface area contributed by atoms with E-state index in [1.807, 2.05) is 12.1 Å². The van der Waals surface area contributed by atoms with Crippen molar-refractivity contribution >= 4 is 27.5 Å². The van der Waals surface area contributed by atoms with E-state index in [0.717, 1.165) is 11.3 Å². The zero-order valence-corrected chi connectivity index (χ0v) is 9.33. The van der Waals surface area contributed by atoms with Gasteiger partial charge in [0.05, 0.1) is 5.69 Å². The maximum absolute atomic E-state index is 5.73. The van der Waals surface area contributed by atoms with Crippen LogP contribution in [0.15, 0.2) is 35.2 Å². The van der Waals surface area contributed by atoms with E-state index in [0.29, 0.717) is 4.60 Å². The van der Waals surface area contributed by atoms with Crippen LogP contribution in [-0.4, -0.2) is 15.0 Å². The number of nitrogens with zero attached hydrogens (tertiary/aromatic N) is 3. The third-order valence-corrected chi connectivity index (χ3v) is 2.22. The Morgan fingerprint density at radius 2 is 1.86 bits per heavy atom. The van der Waals surface area contributed by atoms with Gasteiger partial charge in [0.1, 0.15) is 4.60 Å². The second-order valence-electron chi connectivity index (χ2n) is 2.58. The summed E-state index contributed by atoms with van der Waals surface area (Å²) >= 11 is 8.99. The summed E-state index contributed by atoms with van der Waals surface area (Å²) in [6.07, 6.45) is 3.42. The molecule has 14 heavy (non-hydrogen) atoms. The van der Waals surface area contributed by atoms with Crippen molar-refractivity contribution in [1.82, 2.24) is 15.0 Å². The molecule has 0 fully saturated rings. The monoisotopic (exact) mass is 269 g/mol. The number of aromatic nitrogens is 3. The van der Waals surface area contributed by atoms with Crippen molar-refractivity contribution < 1.29 is 0 Å². The van der Waals surface area contributed by atoms with Gasteiger partial charge in [-0.2, -0.15) is 0 Å². The molecule has 2 rings (SSSR count). The summed E-state index contributed by atoms with van der Waals surface area (Å²) in [5, 5.41) is 0.228. The molecule has 0 N–H and O–H groups in total. The second-order valence-corrected chi connectivity index (χ2v) is 3.73. The minimum atomic E-state index is 0.228. The number of hydrogen-bond acceptors (Lipinski definition) is 3. The molecule has 0 saturated heterocycles. The Bertz CT molecular complexity index is 427. The maximum atomic E-state index is 5.73. The highest BCUT2D eigenvalue weighted by Gasteiger charge is 2.02. The molecule has 0 spiro atoms. The van der Waals surface area contributed by atoms with Crippen LogP contribution in [0.5, 0.6) is 0 Å². The molecule has 0 bridgehead atoms. The minimum Gasteiger partial charge on any atom is -0.265 e. The van der Waals surface area contributed by atoms with Crippen LogP contribution >= 0.6 is 27.5 Å². The predicted octanol–water partition coefficient (Wildman–Crippen LogP) is 2.95. The normalized spacial score (nSPS) is 10.1. The van der Waals surface area contributed by atoms with Gasteiger partial charge in [-0.1, -0.05) is 0 Å². The number of pyridine rings is 1. The maximum Gasteiger partial charge on any atom is 0.223 e. The lowest BCUT2D eigenvalue weighted by molar-refractivity contribution is 1.14. The molecule has 2 aromatic heterocycles. The molecule has 0 aliphatic heterocycles. The molecule has 0 aromatic carbocycles. The molecule has 0 aliphatic rings. The minimum absolute atomic E-state index is 0.228. The van der Waals surface area contributed by atoms with Gasteiger partial charge < -0.3 is 0 Å². The molecule has 0 atom stereocenters. The largest absolute Gasteiger partial charge is 0.265 e. The van der Waals surface area contributed by atoms with E-state index in [-0.39, 0.29) is 5.28 Å². The molecule has 70 valence electrons. The Morgan fingerprint density at radius 1 is 1.14 bits per heavy atom. The summed E-state index contributed by atoms with van der Waals surface area (Å²) in [6.45, 7) is 0. The van der Waals surface area contributed by atoms with Crippen molar-refractivity contribution in [2.75, 3.05) is 0 Å². The average Bonchev–Trinajstić information content (AvgIpc) is 2.18. The fourth-order valence-corrected chi connectivity index (χ4v) is 1.73. The molecule has 0 radical (unpaired) electrons. The van der Waals surface area contributed by atoms with Crippen molar-refractivity contribution in [3.8, 4) is 11.3 Å². The highest BCUT2D eigenvalue weighted by atomic mass is 79.9. The van der Waals surface area contributed by atoms with Crippen LogP contribution in [0.2, 0.25) is 5.28 Å². The summed E-state index contributed by atoms with van der Waals surface area (Å²) in [5.74, 6) is 0. The molecule has 0 amide bonds. The van der Waals surface area contributed by atoms with Crippen LogP contribution < -0.4 is 0 Å². The lowest BCUT2D eigenvalue weighted by Gasteiger charge is -2.00. The Morgan fingerprint density at radius 3 is 2.50 bits per heavy atom. The lowest BCUT2D eigenvalue weighted by atomic mass is 10.2. The van der Waals surface area contributed by atoms with Crippen LogP contribution in [-0.2, 0) is 0 Å². The topological polar surface area (TPSA) is 38.7 Å². The van der Waals surface area contributed by atoms with Gasteiger partial charge in [0, 0.05) is 18.0 Å². The van der Waals surface area contributed by atoms with E-state index in [1.165, 1.54) is 0 Å². The van der Waals surface area contributed by atoms with Gasteiger partial charge in [-0.3, -0.25) is 4.98 Å². The highest BCUT2D eigenvalue weighted by Crippen LogP contribution is 2.20.